The quantitative estimate of drug-likeness (QED) is 0.572. The molecule has 6 nitrogen and oxygen atoms in total. The van der Waals surface area contributed by atoms with Crippen LogP contribution in [0.1, 0.15) is 5.69 Å². The number of amides is 1. The summed E-state index contributed by atoms with van der Waals surface area (Å²) in [6.07, 6.45) is -9.97. The summed E-state index contributed by atoms with van der Waals surface area (Å²) in [6, 6.07) is 4.54. The number of carbonyl (C=O) groups excluding carboxylic acids is 1. The van der Waals surface area contributed by atoms with E-state index in [9.17, 15) is 31.1 Å². The van der Waals surface area contributed by atoms with Gasteiger partial charge in [0.2, 0.25) is 5.69 Å². The van der Waals surface area contributed by atoms with Crippen LogP contribution in [0.15, 0.2) is 30.5 Å². The number of carbonyl (C=O) groups is 1. The first-order chi connectivity index (χ1) is 12.4. The first-order valence-electron chi connectivity index (χ1n) is 6.94. The van der Waals surface area contributed by atoms with E-state index >= 15 is 0 Å². The summed E-state index contributed by atoms with van der Waals surface area (Å²) in [5, 5.41) is 5.05. The van der Waals surface area contributed by atoms with Gasteiger partial charge in [-0.15, -0.1) is 0 Å². The molecule has 148 valence electrons. The molecule has 2 rings (SSSR count). The maximum Gasteiger partial charge on any atom is 0.444 e. The van der Waals surface area contributed by atoms with E-state index in [0.29, 0.717) is 0 Å². The second-order valence-corrected chi connectivity index (χ2v) is 5.37. The van der Waals surface area contributed by atoms with Gasteiger partial charge in [0.25, 0.3) is 5.63 Å². The lowest BCUT2D eigenvalue weighted by atomic mass is 10.3. The fourth-order valence-electron chi connectivity index (χ4n) is 1.82. The van der Waals surface area contributed by atoms with Crippen LogP contribution >= 0.6 is 11.6 Å². The van der Waals surface area contributed by atoms with Gasteiger partial charge in [-0.05, 0) is 12.1 Å². The van der Waals surface area contributed by atoms with E-state index in [4.69, 9.17) is 0 Å². The molecule has 0 aliphatic heterocycles. The number of ether oxygens (including phenoxy) is 2. The average molecular weight is 418 g/mol. The summed E-state index contributed by atoms with van der Waals surface area (Å²) in [5.74, 6) is -1.60. The lowest BCUT2D eigenvalue weighted by Gasteiger charge is -2.19. The summed E-state index contributed by atoms with van der Waals surface area (Å²) in [6.45, 7) is 0. The first-order valence-corrected chi connectivity index (χ1v) is 7.37. The molecule has 0 aliphatic carbocycles. The molecular weight excluding hydrogens is 408 g/mol. The lowest BCUT2D eigenvalue weighted by molar-refractivity contribution is -0.198. The second-order valence-electron chi connectivity index (χ2n) is 4.99. The number of benzene rings is 1. The van der Waals surface area contributed by atoms with Crippen molar-refractivity contribution in [2.75, 3.05) is 5.32 Å². The maximum absolute atomic E-state index is 13.3. The number of anilines is 1. The van der Waals surface area contributed by atoms with Crippen molar-refractivity contribution in [3.05, 3.63) is 36.2 Å². The molecule has 0 aliphatic rings. The number of alkyl halides is 7. The Bertz CT molecular complexity index is 825. The van der Waals surface area contributed by atoms with E-state index in [1.165, 1.54) is 19.2 Å². The van der Waals surface area contributed by atoms with Crippen LogP contribution in [0.4, 0.5) is 36.8 Å². The van der Waals surface area contributed by atoms with Gasteiger partial charge in [0.05, 0.1) is 11.9 Å². The highest BCUT2D eigenvalue weighted by atomic mass is 35.5. The predicted octanol–water partition coefficient (Wildman–Crippen LogP) is 4.56. The van der Waals surface area contributed by atoms with E-state index in [-0.39, 0.29) is 0 Å². The van der Waals surface area contributed by atoms with Crippen LogP contribution in [-0.2, 0) is 13.2 Å². The smallest absolute Gasteiger partial charge is 0.427 e. The number of aryl methyl sites for hydroxylation is 1. The molecule has 0 radical (unpaired) electrons. The van der Waals surface area contributed by atoms with E-state index in [1.54, 1.807) is 0 Å². The molecule has 0 fully saturated rings. The van der Waals surface area contributed by atoms with Gasteiger partial charge in [-0.2, -0.15) is 27.1 Å². The van der Waals surface area contributed by atoms with Gasteiger partial charge in [0.1, 0.15) is 5.75 Å². The van der Waals surface area contributed by atoms with Crippen LogP contribution in [0, 0.1) is 0 Å². The Balaban J connectivity index is 2.18. The summed E-state index contributed by atoms with van der Waals surface area (Å²) < 4.78 is 87.1. The number of hydrogen-bond donors (Lipinski definition) is 1. The minimum absolute atomic E-state index is 0.419. The molecule has 1 aromatic heterocycles. The molecule has 1 atom stereocenters. The normalized spacial score (nSPS) is 13.2. The van der Waals surface area contributed by atoms with Gasteiger partial charge in [0.15, 0.2) is 5.75 Å². The molecule has 0 bridgehead atoms. The Morgan fingerprint density at radius 3 is 2.44 bits per heavy atom. The van der Waals surface area contributed by atoms with Crippen molar-refractivity contribution in [3.8, 4) is 11.5 Å². The zero-order valence-corrected chi connectivity index (χ0v) is 14.0. The van der Waals surface area contributed by atoms with Gasteiger partial charge in [-0.1, -0.05) is 23.7 Å². The maximum atomic E-state index is 13.3. The molecule has 1 N–H and O–H groups in total. The Kier molecular flexibility index (Phi) is 5.78. The highest BCUT2D eigenvalue weighted by molar-refractivity contribution is 6.20. The Morgan fingerprint density at radius 2 is 1.85 bits per heavy atom. The summed E-state index contributed by atoms with van der Waals surface area (Å²) >= 11 is 4.68. The summed E-state index contributed by atoms with van der Waals surface area (Å²) in [7, 11) is 1.17. The molecule has 27 heavy (non-hydrogen) atoms. The third-order valence-corrected chi connectivity index (χ3v) is 3.14. The van der Waals surface area contributed by atoms with Gasteiger partial charge in [-0.25, -0.2) is 9.18 Å². The largest absolute Gasteiger partial charge is 0.444 e. The van der Waals surface area contributed by atoms with Gasteiger partial charge >= 0.3 is 18.4 Å². The third kappa shape index (κ3) is 5.18. The van der Waals surface area contributed by atoms with E-state index in [0.717, 1.165) is 23.0 Å². The highest BCUT2D eigenvalue weighted by Crippen LogP contribution is 2.36. The minimum Gasteiger partial charge on any atom is -0.427 e. The zero-order valence-electron chi connectivity index (χ0n) is 13.2. The predicted molar refractivity (Wildman–Crippen MR) is 80.6 cm³/mol. The van der Waals surface area contributed by atoms with Crippen molar-refractivity contribution < 1.29 is 40.6 Å². The standard InChI is InChI=1S/C14H10ClF6N3O3/c1-24-6-9(10(23-24)13(17,18)19)26-12(25)22-7-4-2-3-5-8(7)27-14(20,21)11(15)16/h2-6,11H,1H3,(H,22,25). The van der Waals surface area contributed by atoms with E-state index in [2.05, 4.69) is 26.2 Å². The third-order valence-electron chi connectivity index (χ3n) is 2.89. The second kappa shape index (κ2) is 7.55. The van der Waals surface area contributed by atoms with Crippen LogP contribution in [-0.4, -0.2) is 27.6 Å². The molecule has 1 aromatic carbocycles. The zero-order chi connectivity index (χ0) is 20.4. The van der Waals surface area contributed by atoms with Crippen LogP contribution < -0.4 is 14.8 Å². The Hall–Kier alpha value is -2.63. The molecule has 0 saturated carbocycles. The van der Waals surface area contributed by atoms with Gasteiger partial charge in [-0.3, -0.25) is 10.00 Å². The van der Waals surface area contributed by atoms with Crippen LogP contribution in [0.25, 0.3) is 0 Å². The first kappa shape index (κ1) is 20.7. The monoisotopic (exact) mass is 417 g/mol. The Morgan fingerprint density at radius 1 is 1.22 bits per heavy atom. The molecule has 1 unspecified atom stereocenters. The van der Waals surface area contributed by atoms with Crippen molar-refractivity contribution >= 4 is 23.4 Å². The fourth-order valence-corrected chi connectivity index (χ4v) is 1.87. The molecular formula is C14H10ClF6N3O3. The molecule has 1 heterocycles. The topological polar surface area (TPSA) is 65.4 Å². The van der Waals surface area contributed by atoms with Gasteiger partial charge < -0.3 is 9.47 Å². The molecule has 0 saturated heterocycles. The van der Waals surface area contributed by atoms with Crippen molar-refractivity contribution in [2.45, 2.75) is 17.9 Å². The number of aromatic nitrogens is 2. The van der Waals surface area contributed by atoms with E-state index < -0.39 is 46.9 Å². The van der Waals surface area contributed by atoms with Gasteiger partial charge in [0, 0.05) is 7.05 Å². The number of nitrogens with one attached hydrogen (secondary N) is 1. The van der Waals surface area contributed by atoms with Crippen molar-refractivity contribution in [1.82, 2.24) is 9.78 Å². The summed E-state index contributed by atoms with van der Waals surface area (Å²) in [4.78, 5) is 11.8. The number of hydrogen-bond acceptors (Lipinski definition) is 4. The van der Waals surface area contributed by atoms with Crippen LogP contribution in [0.2, 0.25) is 0 Å². The molecule has 0 spiro atoms. The van der Waals surface area contributed by atoms with Crippen molar-refractivity contribution in [3.63, 3.8) is 0 Å². The van der Waals surface area contributed by atoms with E-state index in [1.807, 2.05) is 5.32 Å². The highest BCUT2D eigenvalue weighted by Gasteiger charge is 2.43. The molecule has 13 heteroatoms. The minimum atomic E-state index is -4.89. The average Bonchev–Trinajstić information content (AvgIpc) is 2.89. The van der Waals surface area contributed by atoms with Crippen LogP contribution in [0.3, 0.4) is 0 Å². The Labute approximate surface area is 152 Å². The molecule has 2 aromatic rings. The number of halogens is 7. The number of para-hydroxylation sites is 2. The molecule has 1 amide bonds. The number of rotatable bonds is 5. The lowest BCUT2D eigenvalue weighted by Crippen LogP contribution is -2.33. The summed E-state index contributed by atoms with van der Waals surface area (Å²) in [5.41, 5.74) is -5.06. The van der Waals surface area contributed by atoms with Crippen molar-refractivity contribution in [1.29, 1.82) is 0 Å². The fraction of sp³-hybridized carbons (Fsp3) is 0.286. The number of nitrogens with zero attached hydrogens (tertiary/aromatic N) is 2. The van der Waals surface area contributed by atoms with Crippen LogP contribution in [0.5, 0.6) is 11.5 Å². The SMILES string of the molecule is Cn1cc(OC(=O)Nc2ccccc2OC(F)(F)C(F)Cl)c(C(F)(F)F)n1. The van der Waals surface area contributed by atoms with Crippen molar-refractivity contribution in [2.24, 2.45) is 7.05 Å².